The van der Waals surface area contributed by atoms with Gasteiger partial charge in [-0.3, -0.25) is 14.3 Å². The van der Waals surface area contributed by atoms with E-state index in [0.717, 1.165) is 48.2 Å². The number of aromatic nitrogens is 5. The summed E-state index contributed by atoms with van der Waals surface area (Å²) in [5.41, 5.74) is -1.22. The van der Waals surface area contributed by atoms with Gasteiger partial charge in [0.1, 0.15) is 23.0 Å². The van der Waals surface area contributed by atoms with E-state index in [-0.39, 0.29) is 24.3 Å². The third kappa shape index (κ3) is 4.68. The Balaban J connectivity index is 1.29. The highest BCUT2D eigenvalue weighted by atomic mass is 35.5. The SMILES string of the molecule is Cc1c(-c2cc(N3C(=O)C4CC5C(=CCn6c(=O)n(C)c(=O)n65)C(c5cc(OC(F)(F)F)ccc5O)C4(C)C3=O)n(C)n2)sc2ccc(Cl)cc12. The fourth-order valence-corrected chi connectivity index (χ4v) is 9.44. The summed E-state index contributed by atoms with van der Waals surface area (Å²) in [6, 6.07) is 9.19. The van der Waals surface area contributed by atoms with E-state index < -0.39 is 64.3 Å². The molecule has 2 amide bonds. The Morgan fingerprint density at radius 3 is 2.53 bits per heavy atom. The van der Waals surface area contributed by atoms with E-state index in [0.29, 0.717) is 16.3 Å². The molecule has 3 aromatic heterocycles. The number of alkyl halides is 3. The Morgan fingerprint density at radius 2 is 1.80 bits per heavy atom. The standard InChI is InChI=1S/C34H28ClF3N6O6S/c1-15-19-11-16(35)5-8-25(19)51-28(15)22-14-26(41(4)39-22)43-29(46)21-13-23-18(9-10-42-31(48)40(3)32(49)44(23)42)27(33(21,2)30(43)47)20-12-17(6-7-24(20)45)50-34(36,37)38/h5-9,11-12,14,21,23,27,45H,10,13H2,1-4H3. The molecule has 8 rings (SSSR count). The Kier molecular flexibility index (Phi) is 7.10. The second kappa shape index (κ2) is 11.0. The molecule has 0 spiro atoms. The zero-order valence-electron chi connectivity index (χ0n) is 27.4. The minimum Gasteiger partial charge on any atom is -0.508 e. The van der Waals surface area contributed by atoms with Crippen molar-refractivity contribution in [2.45, 2.75) is 45.1 Å². The van der Waals surface area contributed by atoms with Crippen LogP contribution in [0.4, 0.5) is 19.0 Å². The number of hydrogen-bond acceptors (Lipinski definition) is 8. The highest BCUT2D eigenvalue weighted by Gasteiger charge is 2.66. The molecule has 2 aliphatic heterocycles. The average molecular weight is 741 g/mol. The number of allylic oxidation sites excluding steroid dienone is 2. The van der Waals surface area contributed by atoms with Crippen LogP contribution in [-0.2, 0) is 30.2 Å². The van der Waals surface area contributed by atoms with Crippen molar-refractivity contribution in [3.63, 3.8) is 0 Å². The van der Waals surface area contributed by atoms with Gasteiger partial charge in [-0.2, -0.15) is 5.10 Å². The van der Waals surface area contributed by atoms with Gasteiger partial charge in [0.2, 0.25) is 11.8 Å². The predicted octanol–water partition coefficient (Wildman–Crippen LogP) is 5.39. The molecule has 17 heteroatoms. The maximum absolute atomic E-state index is 14.9. The van der Waals surface area contributed by atoms with Crippen molar-refractivity contribution in [3.05, 3.63) is 91.2 Å². The number of carbonyl (C=O) groups excluding carboxylic acids is 2. The van der Waals surface area contributed by atoms with Crippen LogP contribution in [0, 0.1) is 18.3 Å². The van der Waals surface area contributed by atoms with Gasteiger partial charge in [-0.1, -0.05) is 17.7 Å². The van der Waals surface area contributed by atoms with Gasteiger partial charge < -0.3 is 9.84 Å². The first-order valence-electron chi connectivity index (χ1n) is 15.8. The molecule has 4 unspecified atom stereocenters. The number of anilines is 1. The number of rotatable bonds is 4. The number of halogens is 4. The number of fused-ring (bicyclic) bond motifs is 5. The van der Waals surface area contributed by atoms with Crippen molar-refractivity contribution >= 4 is 50.7 Å². The van der Waals surface area contributed by atoms with Gasteiger partial charge in [0.15, 0.2) is 0 Å². The van der Waals surface area contributed by atoms with Crippen molar-refractivity contribution in [2.75, 3.05) is 4.90 Å². The minimum absolute atomic E-state index is 0.0797. The summed E-state index contributed by atoms with van der Waals surface area (Å²) >= 11 is 7.72. The van der Waals surface area contributed by atoms with Crippen LogP contribution >= 0.6 is 22.9 Å². The second-order valence-electron chi connectivity index (χ2n) is 13.2. The molecule has 1 aliphatic carbocycles. The van der Waals surface area contributed by atoms with Crippen LogP contribution in [0.25, 0.3) is 20.7 Å². The smallest absolute Gasteiger partial charge is 0.508 e. The minimum atomic E-state index is -5.06. The third-order valence-corrected chi connectivity index (χ3v) is 12.0. The molecule has 4 atom stereocenters. The Hall–Kier alpha value is -5.09. The lowest BCUT2D eigenvalue weighted by Gasteiger charge is -2.47. The number of benzene rings is 2. The molecule has 1 N–H and O–H groups in total. The number of imide groups is 1. The molecule has 2 aromatic carbocycles. The molecule has 5 heterocycles. The number of thiophene rings is 1. The summed E-state index contributed by atoms with van der Waals surface area (Å²) in [5.74, 6) is -4.56. The van der Waals surface area contributed by atoms with Gasteiger partial charge in [0.05, 0.1) is 28.8 Å². The Labute approximate surface area is 295 Å². The predicted molar refractivity (Wildman–Crippen MR) is 181 cm³/mol. The lowest BCUT2D eigenvalue weighted by Crippen LogP contribution is -2.49. The van der Waals surface area contributed by atoms with Gasteiger partial charge in [-0.25, -0.2) is 28.4 Å². The first kappa shape index (κ1) is 33.1. The van der Waals surface area contributed by atoms with Crippen LogP contribution in [-0.4, -0.2) is 47.0 Å². The maximum atomic E-state index is 14.9. The normalized spacial score (nSPS) is 23.0. The molecule has 0 radical (unpaired) electrons. The first-order chi connectivity index (χ1) is 24.0. The van der Waals surface area contributed by atoms with Crippen molar-refractivity contribution in [1.29, 1.82) is 0 Å². The highest BCUT2D eigenvalue weighted by molar-refractivity contribution is 7.22. The van der Waals surface area contributed by atoms with Crippen molar-refractivity contribution in [3.8, 4) is 22.1 Å². The van der Waals surface area contributed by atoms with Crippen molar-refractivity contribution < 1.29 is 32.6 Å². The fourth-order valence-electron chi connectivity index (χ4n) is 8.12. The first-order valence-corrected chi connectivity index (χ1v) is 17.0. The second-order valence-corrected chi connectivity index (χ2v) is 14.7. The number of aromatic hydroxyl groups is 1. The van der Waals surface area contributed by atoms with Gasteiger partial charge in [-0.05, 0) is 73.2 Å². The molecule has 264 valence electrons. The monoisotopic (exact) mass is 740 g/mol. The summed E-state index contributed by atoms with van der Waals surface area (Å²) in [6.45, 7) is 3.38. The van der Waals surface area contributed by atoms with E-state index in [4.69, 9.17) is 11.6 Å². The molecule has 5 aromatic rings. The van der Waals surface area contributed by atoms with Crippen LogP contribution in [0.5, 0.6) is 11.5 Å². The number of amides is 2. The van der Waals surface area contributed by atoms with E-state index >= 15 is 0 Å². The summed E-state index contributed by atoms with van der Waals surface area (Å²) in [5, 5.41) is 17.4. The molecule has 51 heavy (non-hydrogen) atoms. The van der Waals surface area contributed by atoms with Crippen LogP contribution in [0.1, 0.15) is 36.4 Å². The van der Waals surface area contributed by atoms with Gasteiger partial charge >= 0.3 is 17.7 Å². The lowest BCUT2D eigenvalue weighted by atomic mass is 9.56. The summed E-state index contributed by atoms with van der Waals surface area (Å²) in [6.07, 6.45) is -3.50. The van der Waals surface area contributed by atoms with Gasteiger partial charge in [0.25, 0.3) is 0 Å². The number of nitrogens with zero attached hydrogens (tertiary/aromatic N) is 6. The average Bonchev–Trinajstić information content (AvgIpc) is 3.72. The van der Waals surface area contributed by atoms with Gasteiger partial charge in [0, 0.05) is 41.4 Å². The molecular weight excluding hydrogens is 713 g/mol. The summed E-state index contributed by atoms with van der Waals surface area (Å²) < 4.78 is 50.0. The number of phenols is 1. The van der Waals surface area contributed by atoms with Crippen LogP contribution in [0.3, 0.4) is 0 Å². The summed E-state index contributed by atoms with van der Waals surface area (Å²) in [7, 11) is 2.91. The topological polar surface area (TPSA) is 134 Å². The van der Waals surface area contributed by atoms with Crippen LogP contribution in [0.2, 0.25) is 5.02 Å². The third-order valence-electron chi connectivity index (χ3n) is 10.5. The molecule has 0 bridgehead atoms. The fraction of sp³-hybridized carbons (Fsp3) is 0.324. The van der Waals surface area contributed by atoms with Crippen LogP contribution in [0.15, 0.2) is 63.7 Å². The van der Waals surface area contributed by atoms with Crippen LogP contribution < -0.4 is 21.0 Å². The zero-order chi connectivity index (χ0) is 36.5. The lowest BCUT2D eigenvalue weighted by molar-refractivity contribution is -0.274. The molecular formula is C34H28ClF3N6O6S. The summed E-state index contributed by atoms with van der Waals surface area (Å²) in [4.78, 5) is 57.7. The number of carbonyl (C=O) groups is 2. The Morgan fingerprint density at radius 1 is 1.06 bits per heavy atom. The largest absolute Gasteiger partial charge is 0.573 e. The van der Waals surface area contributed by atoms with E-state index in [1.807, 2.05) is 19.1 Å². The van der Waals surface area contributed by atoms with Gasteiger partial charge in [-0.15, -0.1) is 24.5 Å². The molecule has 12 nitrogen and oxygen atoms in total. The highest BCUT2D eigenvalue weighted by Crippen LogP contribution is 2.62. The van der Waals surface area contributed by atoms with E-state index in [2.05, 4.69) is 9.84 Å². The van der Waals surface area contributed by atoms with E-state index in [1.54, 1.807) is 32.2 Å². The number of phenolic OH excluding ortho intramolecular Hbond substituents is 1. The van der Waals surface area contributed by atoms with Crippen molar-refractivity contribution in [1.82, 2.24) is 23.7 Å². The van der Waals surface area contributed by atoms with E-state index in [9.17, 15) is 37.5 Å². The zero-order valence-corrected chi connectivity index (χ0v) is 28.9. The molecule has 2 fully saturated rings. The quantitative estimate of drug-likeness (QED) is 0.193. The molecule has 1 saturated carbocycles. The van der Waals surface area contributed by atoms with E-state index in [1.165, 1.54) is 32.4 Å². The van der Waals surface area contributed by atoms with Crippen molar-refractivity contribution in [2.24, 2.45) is 25.4 Å². The molecule has 1 saturated heterocycles. The number of ether oxygens (including phenoxy) is 1. The number of hydrogen-bond donors (Lipinski definition) is 1. The molecule has 3 aliphatic rings. The number of aryl methyl sites for hydroxylation is 2. The Bertz CT molecular complexity index is 2510. The maximum Gasteiger partial charge on any atom is 0.573 e.